The highest BCUT2D eigenvalue weighted by atomic mass is 79.9. The van der Waals surface area contributed by atoms with Crippen molar-refractivity contribution >= 4 is 22.0 Å². The fraction of sp³-hybridized carbons (Fsp3) is 0.176. The van der Waals surface area contributed by atoms with Gasteiger partial charge in [0.25, 0.3) is 0 Å². The van der Waals surface area contributed by atoms with Crippen molar-refractivity contribution < 1.29 is 0 Å². The van der Waals surface area contributed by atoms with E-state index in [9.17, 15) is 0 Å². The van der Waals surface area contributed by atoms with Crippen LogP contribution in [-0.2, 0) is 6.42 Å². The second-order valence-electron chi connectivity index (χ2n) is 5.05. The van der Waals surface area contributed by atoms with Crippen LogP contribution in [0.2, 0.25) is 0 Å². The van der Waals surface area contributed by atoms with E-state index in [0.717, 1.165) is 10.9 Å². The number of allylic oxidation sites excluding steroid dienone is 1. The topological polar surface area (TPSA) is 0 Å². The van der Waals surface area contributed by atoms with Crippen LogP contribution in [-0.4, -0.2) is 0 Å². The van der Waals surface area contributed by atoms with E-state index in [1.54, 1.807) is 0 Å². The maximum absolute atomic E-state index is 3.62. The zero-order chi connectivity index (χ0) is 12.7. The van der Waals surface area contributed by atoms with Crippen molar-refractivity contribution in [3.63, 3.8) is 0 Å². The molecular weight excluding hydrogens is 284 g/mol. The van der Waals surface area contributed by atoms with E-state index in [1.807, 2.05) is 0 Å². The summed E-state index contributed by atoms with van der Waals surface area (Å²) in [6, 6.07) is 13.2. The molecule has 0 nitrogen and oxygen atoms in total. The Hall–Kier alpha value is -1.34. The van der Waals surface area contributed by atoms with Gasteiger partial charge in [0.05, 0.1) is 0 Å². The van der Waals surface area contributed by atoms with E-state index in [1.165, 1.54) is 33.4 Å². The molecule has 0 bridgehead atoms. The molecule has 1 aliphatic carbocycles. The fourth-order valence-corrected chi connectivity index (χ4v) is 3.05. The number of halogens is 1. The molecule has 0 aromatic heterocycles. The second-order valence-corrected chi connectivity index (χ2v) is 5.97. The van der Waals surface area contributed by atoms with Crippen LogP contribution in [0.5, 0.6) is 0 Å². The normalized spacial score (nSPS) is 13.4. The van der Waals surface area contributed by atoms with Gasteiger partial charge >= 0.3 is 0 Å². The lowest BCUT2D eigenvalue weighted by atomic mass is 9.95. The first-order chi connectivity index (χ1) is 8.63. The lowest BCUT2D eigenvalue weighted by molar-refractivity contribution is 1.19. The van der Waals surface area contributed by atoms with Crippen molar-refractivity contribution in [2.75, 3.05) is 0 Å². The first-order valence-electron chi connectivity index (χ1n) is 6.20. The third-order valence-corrected chi connectivity index (χ3v) is 3.93. The minimum absolute atomic E-state index is 1.08. The number of rotatable bonds is 1. The van der Waals surface area contributed by atoms with Crippen LogP contribution in [0, 0.1) is 6.92 Å². The summed E-state index contributed by atoms with van der Waals surface area (Å²) in [5.74, 6) is 0. The maximum atomic E-state index is 3.62. The summed E-state index contributed by atoms with van der Waals surface area (Å²) in [7, 11) is 0. The predicted octanol–water partition coefficient (Wildman–Crippen LogP) is 5.38. The largest absolute Gasteiger partial charge is 0.0683 e. The Balaban J connectivity index is 2.17. The molecule has 1 heteroatoms. The molecule has 0 spiro atoms. The summed E-state index contributed by atoms with van der Waals surface area (Å²) in [6.07, 6.45) is 3.36. The van der Waals surface area contributed by atoms with E-state index >= 15 is 0 Å². The van der Waals surface area contributed by atoms with Gasteiger partial charge in [-0.25, -0.2) is 0 Å². The van der Waals surface area contributed by atoms with Crippen LogP contribution in [0.25, 0.3) is 17.2 Å². The SMILES string of the molecule is CC1=Cc2cc(Br)cc(-c3ccc(C)cc3)c2C1. The average molecular weight is 299 g/mol. The number of aryl methyl sites for hydroxylation is 1. The van der Waals surface area contributed by atoms with Crippen molar-refractivity contribution in [1.82, 2.24) is 0 Å². The predicted molar refractivity (Wildman–Crippen MR) is 81.7 cm³/mol. The van der Waals surface area contributed by atoms with Gasteiger partial charge < -0.3 is 0 Å². The van der Waals surface area contributed by atoms with Crippen LogP contribution in [0.3, 0.4) is 0 Å². The molecule has 1 aliphatic rings. The summed E-state index contributed by atoms with van der Waals surface area (Å²) in [5.41, 5.74) is 8.22. The van der Waals surface area contributed by atoms with Gasteiger partial charge in [-0.05, 0) is 54.7 Å². The molecule has 0 unspecified atom stereocenters. The molecule has 0 heterocycles. The van der Waals surface area contributed by atoms with Crippen LogP contribution in [0.4, 0.5) is 0 Å². The van der Waals surface area contributed by atoms with Gasteiger partial charge in [-0.3, -0.25) is 0 Å². The molecule has 3 rings (SSSR count). The first kappa shape index (κ1) is 11.7. The minimum atomic E-state index is 1.08. The lowest BCUT2D eigenvalue weighted by Gasteiger charge is -2.10. The molecule has 0 radical (unpaired) electrons. The van der Waals surface area contributed by atoms with Gasteiger partial charge in [-0.15, -0.1) is 0 Å². The average Bonchev–Trinajstić information content (AvgIpc) is 2.69. The number of benzene rings is 2. The molecule has 0 N–H and O–H groups in total. The quantitative estimate of drug-likeness (QED) is 0.663. The Labute approximate surface area is 116 Å². The van der Waals surface area contributed by atoms with Gasteiger partial charge in [0.2, 0.25) is 0 Å². The van der Waals surface area contributed by atoms with E-state index in [0.29, 0.717) is 0 Å². The molecular formula is C17H15Br. The molecule has 0 aliphatic heterocycles. The zero-order valence-corrected chi connectivity index (χ0v) is 12.2. The second kappa shape index (κ2) is 4.40. The van der Waals surface area contributed by atoms with Gasteiger partial charge in [0.1, 0.15) is 0 Å². The van der Waals surface area contributed by atoms with Crippen molar-refractivity contribution in [2.24, 2.45) is 0 Å². The van der Waals surface area contributed by atoms with Crippen LogP contribution >= 0.6 is 15.9 Å². The number of hydrogen-bond acceptors (Lipinski definition) is 0. The third-order valence-electron chi connectivity index (χ3n) is 3.47. The highest BCUT2D eigenvalue weighted by molar-refractivity contribution is 9.10. The van der Waals surface area contributed by atoms with Gasteiger partial charge in [-0.2, -0.15) is 0 Å². The Kier molecular flexibility index (Phi) is 2.87. The van der Waals surface area contributed by atoms with Crippen molar-refractivity contribution in [3.05, 3.63) is 63.1 Å². The Morgan fingerprint density at radius 2 is 1.72 bits per heavy atom. The standard InChI is InChI=1S/C17H15Br/c1-11-3-5-13(6-4-11)17-10-15(18)9-14-7-12(2)8-16(14)17/h3-7,9-10H,8H2,1-2H3. The molecule has 18 heavy (non-hydrogen) atoms. The van der Waals surface area contributed by atoms with Crippen molar-refractivity contribution in [2.45, 2.75) is 20.3 Å². The minimum Gasteiger partial charge on any atom is -0.0683 e. The smallest absolute Gasteiger partial charge is 0.0187 e. The van der Waals surface area contributed by atoms with E-state index < -0.39 is 0 Å². The summed E-state index contributed by atoms with van der Waals surface area (Å²) in [6.45, 7) is 4.33. The maximum Gasteiger partial charge on any atom is 0.0187 e. The molecule has 0 amide bonds. The molecule has 0 saturated heterocycles. The van der Waals surface area contributed by atoms with Crippen LogP contribution in [0.1, 0.15) is 23.6 Å². The fourth-order valence-electron chi connectivity index (χ4n) is 2.57. The third kappa shape index (κ3) is 2.04. The summed E-state index contributed by atoms with van der Waals surface area (Å²) < 4.78 is 1.16. The summed E-state index contributed by atoms with van der Waals surface area (Å²) in [5, 5.41) is 0. The summed E-state index contributed by atoms with van der Waals surface area (Å²) in [4.78, 5) is 0. The number of fused-ring (bicyclic) bond motifs is 1. The van der Waals surface area contributed by atoms with Gasteiger partial charge in [0, 0.05) is 4.47 Å². The van der Waals surface area contributed by atoms with Crippen molar-refractivity contribution in [1.29, 1.82) is 0 Å². The van der Waals surface area contributed by atoms with Crippen molar-refractivity contribution in [3.8, 4) is 11.1 Å². The van der Waals surface area contributed by atoms with E-state index in [2.05, 4.69) is 72.3 Å². The number of hydrogen-bond donors (Lipinski definition) is 0. The van der Waals surface area contributed by atoms with E-state index in [-0.39, 0.29) is 0 Å². The van der Waals surface area contributed by atoms with Crippen LogP contribution in [0.15, 0.2) is 46.4 Å². The highest BCUT2D eigenvalue weighted by Crippen LogP contribution is 2.36. The Morgan fingerprint density at radius 3 is 2.44 bits per heavy atom. The molecule has 90 valence electrons. The molecule has 0 fully saturated rings. The zero-order valence-electron chi connectivity index (χ0n) is 10.6. The monoisotopic (exact) mass is 298 g/mol. The highest BCUT2D eigenvalue weighted by Gasteiger charge is 2.15. The van der Waals surface area contributed by atoms with Crippen LogP contribution < -0.4 is 0 Å². The molecule has 2 aromatic carbocycles. The van der Waals surface area contributed by atoms with Gasteiger partial charge in [-0.1, -0.05) is 57.4 Å². The van der Waals surface area contributed by atoms with E-state index in [4.69, 9.17) is 0 Å². The molecule has 0 atom stereocenters. The molecule has 2 aromatic rings. The Bertz CT molecular complexity index is 633. The van der Waals surface area contributed by atoms with Gasteiger partial charge in [0.15, 0.2) is 0 Å². The Morgan fingerprint density at radius 1 is 1.00 bits per heavy atom. The molecule has 0 saturated carbocycles. The first-order valence-corrected chi connectivity index (χ1v) is 6.99. The summed E-state index contributed by atoms with van der Waals surface area (Å²) >= 11 is 3.62. The lowest BCUT2D eigenvalue weighted by Crippen LogP contribution is -1.90.